The Kier molecular flexibility index (Phi) is 4.84. The Hall–Kier alpha value is -1.50. The van der Waals surface area contributed by atoms with Crippen LogP contribution >= 0.6 is 0 Å². The van der Waals surface area contributed by atoms with Crippen LogP contribution in [-0.2, 0) is 14.3 Å². The standard InChI is InChI=1S/C12H17NO3/c1-3-6-11(14)13-8-5-7-10(9-13)12(15)16-4-2/h10H,4-5,7-9H2,1-2H3. The van der Waals surface area contributed by atoms with E-state index in [1.807, 2.05) is 0 Å². The number of hydrogen-bond acceptors (Lipinski definition) is 3. The first-order valence-corrected chi connectivity index (χ1v) is 5.57. The second-order valence-corrected chi connectivity index (χ2v) is 3.72. The van der Waals surface area contributed by atoms with Gasteiger partial charge in [0, 0.05) is 13.1 Å². The molecular formula is C12H17NO3. The molecule has 1 fully saturated rings. The van der Waals surface area contributed by atoms with Crippen LogP contribution in [0.1, 0.15) is 26.7 Å². The van der Waals surface area contributed by atoms with Crippen molar-refractivity contribution in [2.24, 2.45) is 5.92 Å². The molecule has 0 aromatic carbocycles. The second-order valence-electron chi connectivity index (χ2n) is 3.72. The van der Waals surface area contributed by atoms with Gasteiger partial charge in [0.15, 0.2) is 0 Å². The van der Waals surface area contributed by atoms with Gasteiger partial charge in [-0.1, -0.05) is 5.92 Å². The SMILES string of the molecule is CC#CC(=O)N1CCCC(C(=O)OCC)C1. The summed E-state index contributed by atoms with van der Waals surface area (Å²) in [6.07, 6.45) is 1.63. The molecule has 0 N–H and O–H groups in total. The zero-order valence-corrected chi connectivity index (χ0v) is 9.78. The highest BCUT2D eigenvalue weighted by atomic mass is 16.5. The van der Waals surface area contributed by atoms with Crippen molar-refractivity contribution in [2.75, 3.05) is 19.7 Å². The van der Waals surface area contributed by atoms with Gasteiger partial charge in [-0.3, -0.25) is 9.59 Å². The summed E-state index contributed by atoms with van der Waals surface area (Å²) < 4.78 is 4.96. The summed E-state index contributed by atoms with van der Waals surface area (Å²) >= 11 is 0. The molecule has 4 nitrogen and oxygen atoms in total. The average Bonchev–Trinajstić information content (AvgIpc) is 2.30. The van der Waals surface area contributed by atoms with Gasteiger partial charge in [-0.05, 0) is 32.6 Å². The van der Waals surface area contributed by atoms with Crippen LogP contribution in [0.25, 0.3) is 0 Å². The summed E-state index contributed by atoms with van der Waals surface area (Å²) in [5, 5.41) is 0. The van der Waals surface area contributed by atoms with Crippen molar-refractivity contribution in [1.82, 2.24) is 4.90 Å². The number of likely N-dealkylation sites (tertiary alicyclic amines) is 1. The van der Waals surface area contributed by atoms with Gasteiger partial charge in [-0.25, -0.2) is 0 Å². The predicted molar refractivity (Wildman–Crippen MR) is 59.4 cm³/mol. The van der Waals surface area contributed by atoms with Crippen molar-refractivity contribution in [1.29, 1.82) is 0 Å². The van der Waals surface area contributed by atoms with E-state index in [4.69, 9.17) is 4.74 Å². The summed E-state index contributed by atoms with van der Waals surface area (Å²) in [5.74, 6) is 4.48. The van der Waals surface area contributed by atoms with Crippen LogP contribution < -0.4 is 0 Å². The lowest BCUT2D eigenvalue weighted by atomic mass is 9.98. The van der Waals surface area contributed by atoms with Crippen LogP contribution in [0.5, 0.6) is 0 Å². The highest BCUT2D eigenvalue weighted by Gasteiger charge is 2.28. The van der Waals surface area contributed by atoms with Crippen LogP contribution in [0.3, 0.4) is 0 Å². The average molecular weight is 223 g/mol. The molecule has 1 heterocycles. The van der Waals surface area contributed by atoms with Gasteiger partial charge in [-0.2, -0.15) is 0 Å². The Morgan fingerprint density at radius 1 is 1.50 bits per heavy atom. The van der Waals surface area contributed by atoms with Crippen molar-refractivity contribution < 1.29 is 14.3 Å². The Labute approximate surface area is 95.9 Å². The summed E-state index contributed by atoms with van der Waals surface area (Å²) in [4.78, 5) is 24.7. The lowest BCUT2D eigenvalue weighted by Gasteiger charge is -2.30. The largest absolute Gasteiger partial charge is 0.466 e. The third-order valence-corrected chi connectivity index (χ3v) is 2.56. The summed E-state index contributed by atoms with van der Waals surface area (Å²) in [6, 6.07) is 0. The normalized spacial score (nSPS) is 19.6. The van der Waals surface area contributed by atoms with Crippen molar-refractivity contribution >= 4 is 11.9 Å². The first kappa shape index (κ1) is 12.6. The minimum atomic E-state index is -0.204. The molecule has 4 heteroatoms. The number of rotatable bonds is 2. The van der Waals surface area contributed by atoms with E-state index in [-0.39, 0.29) is 17.8 Å². The van der Waals surface area contributed by atoms with Gasteiger partial charge in [-0.15, -0.1) is 0 Å². The van der Waals surface area contributed by atoms with Crippen molar-refractivity contribution in [3.05, 3.63) is 0 Å². The number of carbonyl (C=O) groups excluding carboxylic acids is 2. The number of amides is 1. The first-order valence-electron chi connectivity index (χ1n) is 5.57. The van der Waals surface area contributed by atoms with Crippen LogP contribution in [-0.4, -0.2) is 36.5 Å². The molecule has 1 amide bonds. The lowest BCUT2D eigenvalue weighted by Crippen LogP contribution is -2.42. The van der Waals surface area contributed by atoms with E-state index >= 15 is 0 Å². The molecule has 0 spiro atoms. The molecule has 1 atom stereocenters. The van der Waals surface area contributed by atoms with E-state index in [9.17, 15) is 9.59 Å². The van der Waals surface area contributed by atoms with Gasteiger partial charge >= 0.3 is 5.97 Å². The topological polar surface area (TPSA) is 46.6 Å². The molecule has 1 saturated heterocycles. The van der Waals surface area contributed by atoms with E-state index in [0.717, 1.165) is 12.8 Å². The Morgan fingerprint density at radius 2 is 2.25 bits per heavy atom. The molecular weight excluding hydrogens is 206 g/mol. The number of ether oxygens (including phenoxy) is 1. The predicted octanol–water partition coefficient (Wildman–Crippen LogP) is 0.811. The maximum Gasteiger partial charge on any atom is 0.310 e. The van der Waals surface area contributed by atoms with Crippen molar-refractivity contribution in [3.8, 4) is 11.8 Å². The van der Waals surface area contributed by atoms with Gasteiger partial charge in [0.2, 0.25) is 0 Å². The first-order chi connectivity index (χ1) is 7.69. The lowest BCUT2D eigenvalue weighted by molar-refractivity contribution is -0.150. The number of carbonyl (C=O) groups is 2. The Bertz CT molecular complexity index is 327. The molecule has 1 aliphatic heterocycles. The molecule has 16 heavy (non-hydrogen) atoms. The fourth-order valence-corrected chi connectivity index (χ4v) is 1.80. The summed E-state index contributed by atoms with van der Waals surface area (Å²) in [5.41, 5.74) is 0. The number of esters is 1. The van der Waals surface area contributed by atoms with E-state index < -0.39 is 0 Å². The molecule has 0 saturated carbocycles. The minimum absolute atomic E-state index is 0.184. The van der Waals surface area contributed by atoms with Crippen LogP contribution in [0.2, 0.25) is 0 Å². The maximum atomic E-state index is 11.5. The van der Waals surface area contributed by atoms with E-state index in [0.29, 0.717) is 19.7 Å². The smallest absolute Gasteiger partial charge is 0.310 e. The van der Waals surface area contributed by atoms with Gasteiger partial charge in [0.05, 0.1) is 12.5 Å². The van der Waals surface area contributed by atoms with E-state index in [2.05, 4.69) is 11.8 Å². The molecule has 1 rings (SSSR count). The molecule has 1 aliphatic rings. The number of nitrogens with zero attached hydrogens (tertiary/aromatic N) is 1. The molecule has 0 aromatic heterocycles. The van der Waals surface area contributed by atoms with Crippen LogP contribution in [0, 0.1) is 17.8 Å². The number of hydrogen-bond donors (Lipinski definition) is 0. The van der Waals surface area contributed by atoms with E-state index in [1.165, 1.54) is 0 Å². The van der Waals surface area contributed by atoms with E-state index in [1.54, 1.807) is 18.7 Å². The molecule has 0 radical (unpaired) electrons. The summed E-state index contributed by atoms with van der Waals surface area (Å²) in [6.45, 7) is 4.92. The molecule has 1 unspecified atom stereocenters. The highest BCUT2D eigenvalue weighted by Crippen LogP contribution is 2.17. The van der Waals surface area contributed by atoms with Crippen molar-refractivity contribution in [3.63, 3.8) is 0 Å². The second kappa shape index (κ2) is 6.16. The molecule has 0 aliphatic carbocycles. The van der Waals surface area contributed by atoms with Crippen molar-refractivity contribution in [2.45, 2.75) is 26.7 Å². The monoisotopic (exact) mass is 223 g/mol. The van der Waals surface area contributed by atoms with Crippen LogP contribution in [0.4, 0.5) is 0 Å². The molecule has 0 bridgehead atoms. The third kappa shape index (κ3) is 3.27. The van der Waals surface area contributed by atoms with Crippen LogP contribution in [0.15, 0.2) is 0 Å². The molecule has 88 valence electrons. The zero-order valence-electron chi connectivity index (χ0n) is 9.78. The zero-order chi connectivity index (χ0) is 12.0. The van der Waals surface area contributed by atoms with Gasteiger partial charge in [0.25, 0.3) is 5.91 Å². The Morgan fingerprint density at radius 3 is 2.88 bits per heavy atom. The molecule has 0 aromatic rings. The number of piperidine rings is 1. The summed E-state index contributed by atoms with van der Waals surface area (Å²) in [7, 11) is 0. The fraction of sp³-hybridized carbons (Fsp3) is 0.667. The Balaban J connectivity index is 2.55. The fourth-order valence-electron chi connectivity index (χ4n) is 1.80. The third-order valence-electron chi connectivity index (χ3n) is 2.56. The highest BCUT2D eigenvalue weighted by molar-refractivity contribution is 5.93. The van der Waals surface area contributed by atoms with Gasteiger partial charge in [0.1, 0.15) is 0 Å². The minimum Gasteiger partial charge on any atom is -0.466 e. The quantitative estimate of drug-likeness (QED) is 0.514. The van der Waals surface area contributed by atoms with Gasteiger partial charge < -0.3 is 9.64 Å². The maximum absolute atomic E-state index is 11.5.